The van der Waals surface area contributed by atoms with Gasteiger partial charge in [-0.15, -0.1) is 0 Å². The van der Waals surface area contributed by atoms with Crippen LogP contribution in [0.2, 0.25) is 0 Å². The van der Waals surface area contributed by atoms with Gasteiger partial charge in [-0.25, -0.2) is 0 Å². The number of benzene rings is 2. The Kier molecular flexibility index (Phi) is 4.74. The van der Waals surface area contributed by atoms with E-state index in [2.05, 4.69) is 10.6 Å². The Bertz CT molecular complexity index is 826. The molecule has 1 aliphatic heterocycles. The quantitative estimate of drug-likeness (QED) is 0.847. The van der Waals surface area contributed by atoms with Gasteiger partial charge in [0.15, 0.2) is 5.75 Å². The van der Waals surface area contributed by atoms with Gasteiger partial charge in [0.1, 0.15) is 5.75 Å². The SMILES string of the molecule is CCC(CC)C(=O)Nc1ccc2c(c1)C(=O)Nc1cc(C)ccc1O2. The molecule has 1 heterocycles. The molecule has 5 heteroatoms. The van der Waals surface area contributed by atoms with E-state index < -0.39 is 0 Å². The van der Waals surface area contributed by atoms with Crippen LogP contribution in [0.5, 0.6) is 11.5 Å². The molecular formula is C20H22N2O3. The Morgan fingerprint density at radius 1 is 1.12 bits per heavy atom. The molecule has 3 rings (SSSR count). The zero-order valence-electron chi connectivity index (χ0n) is 14.7. The second-order valence-electron chi connectivity index (χ2n) is 6.27. The van der Waals surface area contributed by atoms with Crippen molar-refractivity contribution < 1.29 is 14.3 Å². The van der Waals surface area contributed by atoms with Gasteiger partial charge in [-0.1, -0.05) is 19.9 Å². The lowest BCUT2D eigenvalue weighted by Crippen LogP contribution is -2.22. The minimum Gasteiger partial charge on any atom is -0.454 e. The molecule has 2 aromatic rings. The molecule has 0 atom stereocenters. The number of hydrogen-bond acceptors (Lipinski definition) is 3. The molecule has 0 radical (unpaired) electrons. The monoisotopic (exact) mass is 338 g/mol. The average Bonchev–Trinajstić information content (AvgIpc) is 2.72. The van der Waals surface area contributed by atoms with E-state index in [0.29, 0.717) is 28.4 Å². The molecular weight excluding hydrogens is 316 g/mol. The zero-order valence-corrected chi connectivity index (χ0v) is 14.7. The second kappa shape index (κ2) is 6.97. The number of anilines is 2. The Balaban J connectivity index is 1.89. The van der Waals surface area contributed by atoms with Crippen LogP contribution in [0.15, 0.2) is 36.4 Å². The van der Waals surface area contributed by atoms with Crippen LogP contribution in [0.4, 0.5) is 11.4 Å². The summed E-state index contributed by atoms with van der Waals surface area (Å²) in [6.45, 7) is 5.94. The van der Waals surface area contributed by atoms with Gasteiger partial charge in [0.2, 0.25) is 5.91 Å². The first-order chi connectivity index (χ1) is 12.0. The molecule has 0 bridgehead atoms. The lowest BCUT2D eigenvalue weighted by atomic mass is 10.0. The number of ether oxygens (including phenoxy) is 1. The number of carbonyl (C=O) groups is 2. The van der Waals surface area contributed by atoms with Crippen molar-refractivity contribution in [2.24, 2.45) is 5.92 Å². The first-order valence-corrected chi connectivity index (χ1v) is 8.56. The van der Waals surface area contributed by atoms with Crippen LogP contribution in [0.25, 0.3) is 0 Å². The third kappa shape index (κ3) is 3.50. The van der Waals surface area contributed by atoms with Gasteiger partial charge < -0.3 is 15.4 Å². The first kappa shape index (κ1) is 17.0. The predicted molar refractivity (Wildman–Crippen MR) is 98.3 cm³/mol. The average molecular weight is 338 g/mol. The summed E-state index contributed by atoms with van der Waals surface area (Å²) in [5, 5.41) is 5.76. The summed E-state index contributed by atoms with van der Waals surface area (Å²) in [7, 11) is 0. The molecule has 0 aliphatic carbocycles. The number of aryl methyl sites for hydroxylation is 1. The molecule has 1 aliphatic rings. The topological polar surface area (TPSA) is 67.4 Å². The summed E-state index contributed by atoms with van der Waals surface area (Å²) in [6, 6.07) is 10.8. The van der Waals surface area contributed by atoms with E-state index in [0.717, 1.165) is 18.4 Å². The molecule has 130 valence electrons. The highest BCUT2D eigenvalue weighted by atomic mass is 16.5. The molecule has 2 amide bonds. The van der Waals surface area contributed by atoms with Gasteiger partial charge in [0.05, 0.1) is 11.3 Å². The summed E-state index contributed by atoms with van der Waals surface area (Å²) in [4.78, 5) is 24.8. The van der Waals surface area contributed by atoms with Crippen molar-refractivity contribution in [3.8, 4) is 11.5 Å². The normalized spacial score (nSPS) is 12.6. The minimum absolute atomic E-state index is 0.0289. The molecule has 2 aromatic carbocycles. The first-order valence-electron chi connectivity index (χ1n) is 8.56. The van der Waals surface area contributed by atoms with Gasteiger partial charge >= 0.3 is 0 Å². The minimum atomic E-state index is -0.252. The van der Waals surface area contributed by atoms with Gasteiger partial charge in [-0.05, 0) is 55.7 Å². The number of hydrogen-bond donors (Lipinski definition) is 2. The van der Waals surface area contributed by atoms with Gasteiger partial charge in [0.25, 0.3) is 5.91 Å². The van der Waals surface area contributed by atoms with Crippen LogP contribution in [0.1, 0.15) is 42.6 Å². The fourth-order valence-corrected chi connectivity index (χ4v) is 2.92. The summed E-state index contributed by atoms with van der Waals surface area (Å²) < 4.78 is 5.88. The molecule has 0 aromatic heterocycles. The Morgan fingerprint density at radius 2 is 1.84 bits per heavy atom. The molecule has 2 N–H and O–H groups in total. The molecule has 0 spiro atoms. The number of fused-ring (bicyclic) bond motifs is 2. The van der Waals surface area contributed by atoms with Crippen LogP contribution in [-0.2, 0) is 4.79 Å². The van der Waals surface area contributed by atoms with E-state index in [1.54, 1.807) is 18.2 Å². The Labute approximate surface area is 147 Å². The fourth-order valence-electron chi connectivity index (χ4n) is 2.92. The number of rotatable bonds is 4. The van der Waals surface area contributed by atoms with Crippen molar-refractivity contribution >= 4 is 23.2 Å². The highest BCUT2D eigenvalue weighted by molar-refractivity contribution is 6.09. The third-order valence-corrected chi connectivity index (χ3v) is 4.45. The molecule has 25 heavy (non-hydrogen) atoms. The lowest BCUT2D eigenvalue weighted by molar-refractivity contribution is -0.120. The summed E-state index contributed by atoms with van der Waals surface area (Å²) in [6.07, 6.45) is 1.57. The highest BCUT2D eigenvalue weighted by Crippen LogP contribution is 2.37. The molecule has 5 nitrogen and oxygen atoms in total. The van der Waals surface area contributed by atoms with Crippen molar-refractivity contribution in [1.29, 1.82) is 0 Å². The van der Waals surface area contributed by atoms with E-state index in [9.17, 15) is 9.59 Å². The van der Waals surface area contributed by atoms with E-state index in [4.69, 9.17) is 4.74 Å². The maximum absolute atomic E-state index is 12.6. The number of nitrogens with one attached hydrogen (secondary N) is 2. The van der Waals surface area contributed by atoms with Gasteiger partial charge in [-0.2, -0.15) is 0 Å². The van der Waals surface area contributed by atoms with Crippen molar-refractivity contribution in [3.63, 3.8) is 0 Å². The lowest BCUT2D eigenvalue weighted by Gasteiger charge is -2.14. The zero-order chi connectivity index (χ0) is 18.0. The highest BCUT2D eigenvalue weighted by Gasteiger charge is 2.22. The van der Waals surface area contributed by atoms with Crippen LogP contribution >= 0.6 is 0 Å². The molecule has 0 unspecified atom stereocenters. The number of carbonyl (C=O) groups excluding carboxylic acids is 2. The summed E-state index contributed by atoms with van der Waals surface area (Å²) in [5.74, 6) is 0.764. The largest absolute Gasteiger partial charge is 0.454 e. The maximum atomic E-state index is 12.6. The summed E-state index contributed by atoms with van der Waals surface area (Å²) in [5.41, 5.74) is 2.67. The second-order valence-corrected chi connectivity index (χ2v) is 6.27. The molecule has 0 saturated carbocycles. The van der Waals surface area contributed by atoms with Crippen LogP contribution in [0.3, 0.4) is 0 Å². The summed E-state index contributed by atoms with van der Waals surface area (Å²) >= 11 is 0. The van der Waals surface area contributed by atoms with Gasteiger partial charge in [-0.3, -0.25) is 9.59 Å². The Hall–Kier alpha value is -2.82. The van der Waals surface area contributed by atoms with Gasteiger partial charge in [0, 0.05) is 11.6 Å². The predicted octanol–water partition coefficient (Wildman–Crippen LogP) is 4.73. The molecule has 0 fully saturated rings. The third-order valence-electron chi connectivity index (χ3n) is 4.45. The fraction of sp³-hybridized carbons (Fsp3) is 0.300. The standard InChI is InChI=1S/C20H22N2O3/c1-4-13(5-2)19(23)21-14-7-9-17-15(11-14)20(24)22-16-10-12(3)6-8-18(16)25-17/h6-11,13H,4-5H2,1-3H3,(H,21,23)(H,22,24). The number of amides is 2. The van der Waals surface area contributed by atoms with Crippen LogP contribution in [-0.4, -0.2) is 11.8 Å². The van der Waals surface area contributed by atoms with E-state index in [1.807, 2.05) is 39.0 Å². The van der Waals surface area contributed by atoms with E-state index in [1.165, 1.54) is 0 Å². The van der Waals surface area contributed by atoms with E-state index >= 15 is 0 Å². The smallest absolute Gasteiger partial charge is 0.259 e. The van der Waals surface area contributed by atoms with Crippen molar-refractivity contribution in [1.82, 2.24) is 0 Å². The van der Waals surface area contributed by atoms with E-state index in [-0.39, 0.29) is 17.7 Å². The van der Waals surface area contributed by atoms with Crippen LogP contribution < -0.4 is 15.4 Å². The maximum Gasteiger partial charge on any atom is 0.259 e. The van der Waals surface area contributed by atoms with Crippen molar-refractivity contribution in [3.05, 3.63) is 47.5 Å². The molecule has 0 saturated heterocycles. The Morgan fingerprint density at radius 3 is 2.56 bits per heavy atom. The van der Waals surface area contributed by atoms with Crippen molar-refractivity contribution in [2.75, 3.05) is 10.6 Å². The van der Waals surface area contributed by atoms with Crippen LogP contribution in [0, 0.1) is 12.8 Å². The van der Waals surface area contributed by atoms with Crippen molar-refractivity contribution in [2.45, 2.75) is 33.6 Å².